The predicted octanol–water partition coefficient (Wildman–Crippen LogP) is 2.62. The average molecular weight is 352 g/mol. The molecular weight excluding hydrogens is 330 g/mol. The summed E-state index contributed by atoms with van der Waals surface area (Å²) in [6, 6.07) is 7.71. The first-order valence-corrected chi connectivity index (χ1v) is 8.74. The van der Waals surface area contributed by atoms with Crippen LogP contribution in [0.1, 0.15) is 31.2 Å². The fourth-order valence-corrected chi connectivity index (χ4v) is 4.03. The van der Waals surface area contributed by atoms with Crippen molar-refractivity contribution >= 4 is 23.5 Å². The highest BCUT2D eigenvalue weighted by Crippen LogP contribution is 2.39. The van der Waals surface area contributed by atoms with Gasteiger partial charge in [0.25, 0.3) is 0 Å². The first kappa shape index (κ1) is 17.2. The highest BCUT2D eigenvalue weighted by Gasteiger charge is 2.43. The van der Waals surface area contributed by atoms with Crippen molar-refractivity contribution in [3.63, 3.8) is 0 Å². The maximum Gasteiger partial charge on any atom is 0.307 e. The Bertz CT molecular complexity index is 627. The lowest BCUT2D eigenvalue weighted by Gasteiger charge is -2.39. The lowest BCUT2D eigenvalue weighted by atomic mass is 9.72. The molecule has 2 N–H and O–H groups in total. The molecule has 2 unspecified atom stereocenters. The first-order chi connectivity index (χ1) is 11.5. The number of carboxylic acid groups (broad SMARTS) is 1. The molecule has 1 saturated carbocycles. The van der Waals surface area contributed by atoms with Gasteiger partial charge in [0.1, 0.15) is 0 Å². The molecule has 1 heterocycles. The Morgan fingerprint density at radius 2 is 1.88 bits per heavy atom. The van der Waals surface area contributed by atoms with E-state index < -0.39 is 17.8 Å². The smallest absolute Gasteiger partial charge is 0.307 e. The van der Waals surface area contributed by atoms with Gasteiger partial charge in [0.05, 0.1) is 11.8 Å². The largest absolute Gasteiger partial charge is 0.481 e. The molecule has 0 radical (unpaired) electrons. The van der Waals surface area contributed by atoms with Gasteiger partial charge in [-0.15, -0.1) is 0 Å². The number of carbonyl (C=O) groups is 2. The summed E-state index contributed by atoms with van der Waals surface area (Å²) in [5.41, 5.74) is 0.771. The Kier molecular flexibility index (Phi) is 5.11. The van der Waals surface area contributed by atoms with Gasteiger partial charge in [-0.05, 0) is 37.3 Å². The molecule has 2 aliphatic rings. The van der Waals surface area contributed by atoms with Crippen molar-refractivity contribution in [2.75, 3.05) is 19.8 Å². The third kappa shape index (κ3) is 3.28. The van der Waals surface area contributed by atoms with Crippen molar-refractivity contribution in [2.24, 2.45) is 11.8 Å². The number of aliphatic carboxylic acids is 1. The van der Waals surface area contributed by atoms with E-state index in [1.165, 1.54) is 0 Å². The van der Waals surface area contributed by atoms with Crippen LogP contribution in [-0.2, 0) is 19.7 Å². The van der Waals surface area contributed by atoms with E-state index in [-0.39, 0.29) is 11.3 Å². The van der Waals surface area contributed by atoms with Gasteiger partial charge in [0, 0.05) is 30.2 Å². The van der Waals surface area contributed by atoms with E-state index in [1.54, 1.807) is 0 Å². The summed E-state index contributed by atoms with van der Waals surface area (Å²) in [5, 5.41) is 12.8. The molecule has 1 aliphatic heterocycles. The summed E-state index contributed by atoms with van der Waals surface area (Å²) in [4.78, 5) is 23.5. The summed E-state index contributed by atoms with van der Waals surface area (Å²) in [6.45, 7) is 1.71. The quantitative estimate of drug-likeness (QED) is 0.855. The molecule has 130 valence electrons. The SMILES string of the molecule is O=C(O)C1CCC1C(=O)NCC1(c2ccccc2Cl)CCOCC1. The van der Waals surface area contributed by atoms with E-state index in [1.807, 2.05) is 24.3 Å². The number of amides is 1. The van der Waals surface area contributed by atoms with Crippen molar-refractivity contribution in [2.45, 2.75) is 31.1 Å². The number of halogens is 1. The van der Waals surface area contributed by atoms with Crippen LogP contribution in [0.4, 0.5) is 0 Å². The molecule has 0 bridgehead atoms. The number of hydrogen-bond acceptors (Lipinski definition) is 3. The third-order valence-electron chi connectivity index (χ3n) is 5.42. The lowest BCUT2D eigenvalue weighted by molar-refractivity contribution is -0.152. The van der Waals surface area contributed by atoms with E-state index >= 15 is 0 Å². The molecule has 24 heavy (non-hydrogen) atoms. The molecule has 2 fully saturated rings. The van der Waals surface area contributed by atoms with Crippen LogP contribution in [0.25, 0.3) is 0 Å². The van der Waals surface area contributed by atoms with Crippen molar-refractivity contribution in [1.29, 1.82) is 0 Å². The number of nitrogens with one attached hydrogen (secondary N) is 1. The van der Waals surface area contributed by atoms with Crippen LogP contribution in [0, 0.1) is 11.8 Å². The standard InChI is InChI=1S/C18H22ClNO4/c19-15-4-2-1-3-14(15)18(7-9-24-10-8-18)11-20-16(21)12-5-6-13(12)17(22)23/h1-4,12-13H,5-11H2,(H,20,21)(H,22,23). The van der Waals surface area contributed by atoms with Gasteiger partial charge in [0.15, 0.2) is 0 Å². The van der Waals surface area contributed by atoms with E-state index in [0.29, 0.717) is 37.6 Å². The Balaban J connectivity index is 1.73. The van der Waals surface area contributed by atoms with Gasteiger partial charge in [-0.1, -0.05) is 29.8 Å². The highest BCUT2D eigenvalue weighted by atomic mass is 35.5. The first-order valence-electron chi connectivity index (χ1n) is 8.37. The van der Waals surface area contributed by atoms with Crippen molar-refractivity contribution in [3.8, 4) is 0 Å². The molecule has 3 rings (SSSR count). The Hall–Kier alpha value is -1.59. The number of hydrogen-bond donors (Lipinski definition) is 2. The van der Waals surface area contributed by atoms with Gasteiger partial charge in [-0.3, -0.25) is 9.59 Å². The average Bonchev–Trinajstić information content (AvgIpc) is 2.52. The second-order valence-corrected chi connectivity index (χ2v) is 7.13. The number of ether oxygens (including phenoxy) is 1. The topological polar surface area (TPSA) is 75.6 Å². The number of benzene rings is 1. The minimum absolute atomic E-state index is 0.161. The Morgan fingerprint density at radius 3 is 2.46 bits per heavy atom. The molecule has 1 aromatic rings. The van der Waals surface area contributed by atoms with Crippen LogP contribution in [0.2, 0.25) is 5.02 Å². The van der Waals surface area contributed by atoms with Crippen LogP contribution in [0.3, 0.4) is 0 Å². The molecule has 2 atom stereocenters. The van der Waals surface area contributed by atoms with E-state index in [4.69, 9.17) is 21.4 Å². The van der Waals surface area contributed by atoms with Crippen LogP contribution in [-0.4, -0.2) is 36.7 Å². The molecule has 0 aromatic heterocycles. The second kappa shape index (κ2) is 7.11. The van der Waals surface area contributed by atoms with E-state index in [9.17, 15) is 9.59 Å². The third-order valence-corrected chi connectivity index (χ3v) is 5.75. The summed E-state index contributed by atoms with van der Waals surface area (Å²) in [6.07, 6.45) is 2.79. The van der Waals surface area contributed by atoms with E-state index in [2.05, 4.69) is 5.32 Å². The van der Waals surface area contributed by atoms with Crippen molar-refractivity contribution in [3.05, 3.63) is 34.9 Å². The number of carboxylic acids is 1. The summed E-state index contributed by atoms with van der Waals surface area (Å²) >= 11 is 6.40. The van der Waals surface area contributed by atoms with Gasteiger partial charge >= 0.3 is 5.97 Å². The summed E-state index contributed by atoms with van der Waals surface area (Å²) in [7, 11) is 0. The molecule has 1 aromatic carbocycles. The van der Waals surface area contributed by atoms with Gasteiger partial charge < -0.3 is 15.2 Å². The van der Waals surface area contributed by atoms with Crippen LogP contribution >= 0.6 is 11.6 Å². The Labute approximate surface area is 146 Å². The maximum atomic E-state index is 12.4. The fourth-order valence-electron chi connectivity index (χ4n) is 3.69. The lowest BCUT2D eigenvalue weighted by Crippen LogP contribution is -2.49. The summed E-state index contributed by atoms with van der Waals surface area (Å²) in [5.74, 6) is -2.00. The minimum atomic E-state index is -0.881. The maximum absolute atomic E-state index is 12.4. The molecule has 1 amide bonds. The van der Waals surface area contributed by atoms with Crippen molar-refractivity contribution < 1.29 is 19.4 Å². The van der Waals surface area contributed by atoms with E-state index in [0.717, 1.165) is 18.4 Å². The molecule has 5 nitrogen and oxygen atoms in total. The zero-order valence-corrected chi connectivity index (χ0v) is 14.2. The highest BCUT2D eigenvalue weighted by molar-refractivity contribution is 6.31. The molecule has 6 heteroatoms. The predicted molar refractivity (Wildman–Crippen MR) is 90.0 cm³/mol. The van der Waals surface area contributed by atoms with Gasteiger partial charge in [-0.2, -0.15) is 0 Å². The molecule has 0 spiro atoms. The zero-order chi connectivity index (χ0) is 17.2. The number of carbonyl (C=O) groups excluding carboxylic acids is 1. The zero-order valence-electron chi connectivity index (χ0n) is 13.5. The van der Waals surface area contributed by atoms with Gasteiger partial charge in [-0.25, -0.2) is 0 Å². The van der Waals surface area contributed by atoms with Gasteiger partial charge in [0.2, 0.25) is 5.91 Å². The monoisotopic (exact) mass is 351 g/mol. The molecular formula is C18H22ClNO4. The van der Waals surface area contributed by atoms with Crippen LogP contribution in [0.5, 0.6) is 0 Å². The summed E-state index contributed by atoms with van der Waals surface area (Å²) < 4.78 is 5.49. The Morgan fingerprint density at radius 1 is 1.21 bits per heavy atom. The van der Waals surface area contributed by atoms with Crippen LogP contribution < -0.4 is 5.32 Å². The fraction of sp³-hybridized carbons (Fsp3) is 0.556. The second-order valence-electron chi connectivity index (χ2n) is 6.72. The van der Waals surface area contributed by atoms with Crippen LogP contribution in [0.15, 0.2) is 24.3 Å². The normalized spacial score (nSPS) is 25.5. The molecule has 1 saturated heterocycles. The number of rotatable bonds is 5. The minimum Gasteiger partial charge on any atom is -0.481 e. The molecule has 1 aliphatic carbocycles. The van der Waals surface area contributed by atoms with Crippen molar-refractivity contribution in [1.82, 2.24) is 5.32 Å².